The molecular formula is C15H24CeO6. The van der Waals surface area contributed by atoms with Crippen LogP contribution in [0.2, 0.25) is 0 Å². The van der Waals surface area contributed by atoms with Crippen LogP contribution in [-0.4, -0.2) is 32.7 Å². The third-order valence-corrected chi connectivity index (χ3v) is 1.24. The van der Waals surface area contributed by atoms with Crippen LogP contribution < -0.4 is 0 Å². The van der Waals surface area contributed by atoms with Gasteiger partial charge in [-0.1, -0.05) is 0 Å². The molecule has 0 unspecified atom stereocenters. The van der Waals surface area contributed by atoms with E-state index in [2.05, 4.69) is 0 Å². The van der Waals surface area contributed by atoms with Crippen molar-refractivity contribution in [1.82, 2.24) is 0 Å². The van der Waals surface area contributed by atoms with Gasteiger partial charge in [0.2, 0.25) is 0 Å². The zero-order valence-electron chi connectivity index (χ0n) is 13.8. The Morgan fingerprint density at radius 1 is 0.545 bits per heavy atom. The normalized spacial score (nSPS) is 10.9. The Balaban J connectivity index is -0.000000108. The number of aliphatic hydroxyl groups is 3. The average Bonchev–Trinajstić information content (AvgIpc) is 2.10. The van der Waals surface area contributed by atoms with Gasteiger partial charge in [0.05, 0.1) is 17.3 Å². The van der Waals surface area contributed by atoms with E-state index in [1.165, 1.54) is 59.8 Å². The minimum atomic E-state index is -0.125. The first-order valence-electron chi connectivity index (χ1n) is 6.02. The molecule has 0 amide bonds. The van der Waals surface area contributed by atoms with E-state index in [9.17, 15) is 14.4 Å². The van der Waals surface area contributed by atoms with Crippen LogP contribution in [0, 0.1) is 41.7 Å². The predicted octanol–water partition coefficient (Wildman–Crippen LogP) is 3.11. The molecule has 124 valence electrons. The minimum Gasteiger partial charge on any atom is -0.512 e. The molecule has 0 aromatic heterocycles. The number of carbonyl (C=O) groups is 3. The summed E-state index contributed by atoms with van der Waals surface area (Å²) in [7, 11) is 0. The van der Waals surface area contributed by atoms with E-state index in [0.29, 0.717) is 0 Å². The van der Waals surface area contributed by atoms with Crippen molar-refractivity contribution in [2.45, 2.75) is 41.5 Å². The van der Waals surface area contributed by atoms with Gasteiger partial charge in [-0.25, -0.2) is 0 Å². The van der Waals surface area contributed by atoms with E-state index in [1.54, 1.807) is 0 Å². The van der Waals surface area contributed by atoms with Crippen LogP contribution in [0.1, 0.15) is 41.5 Å². The maximum absolute atomic E-state index is 10.0. The fourth-order valence-corrected chi connectivity index (χ4v) is 0.882. The third-order valence-electron chi connectivity index (χ3n) is 1.24. The van der Waals surface area contributed by atoms with Crippen LogP contribution in [0.25, 0.3) is 0 Å². The maximum Gasteiger partial charge on any atom is 0.155 e. The van der Waals surface area contributed by atoms with Crippen molar-refractivity contribution >= 4 is 17.3 Å². The molecule has 0 aromatic carbocycles. The van der Waals surface area contributed by atoms with Crippen LogP contribution in [0.15, 0.2) is 35.5 Å². The molecule has 0 saturated heterocycles. The van der Waals surface area contributed by atoms with Gasteiger partial charge in [-0.15, -0.1) is 0 Å². The van der Waals surface area contributed by atoms with E-state index in [4.69, 9.17) is 15.3 Å². The number of ketones is 3. The van der Waals surface area contributed by atoms with Crippen LogP contribution in [-0.2, 0) is 14.4 Å². The monoisotopic (exact) mass is 440 g/mol. The second-order valence-electron chi connectivity index (χ2n) is 4.19. The molecule has 0 atom stereocenters. The number of aliphatic hydroxyl groups excluding tert-OH is 3. The summed E-state index contributed by atoms with van der Waals surface area (Å²) in [6, 6.07) is 0. The van der Waals surface area contributed by atoms with Gasteiger partial charge < -0.3 is 15.3 Å². The summed E-state index contributed by atoms with van der Waals surface area (Å²) in [5, 5.41) is 25.1. The Labute approximate surface area is 165 Å². The van der Waals surface area contributed by atoms with Gasteiger partial charge in [0.15, 0.2) is 17.3 Å². The summed E-state index contributed by atoms with van der Waals surface area (Å²) in [6.45, 7) is 8.54. The first kappa shape index (κ1) is 29.1. The third kappa shape index (κ3) is 50.9. The predicted molar refractivity (Wildman–Crippen MR) is 81.2 cm³/mol. The zero-order valence-corrected chi connectivity index (χ0v) is 16.9. The largest absolute Gasteiger partial charge is 0.512 e. The Morgan fingerprint density at radius 2 is 0.682 bits per heavy atom. The Hall–Kier alpha value is -0.993. The maximum atomic E-state index is 10.0. The summed E-state index contributed by atoms with van der Waals surface area (Å²) in [6.07, 6.45) is 3.50. The molecule has 0 aliphatic carbocycles. The minimum absolute atomic E-state index is 0. The fraction of sp³-hybridized carbons (Fsp3) is 0.400. The van der Waals surface area contributed by atoms with Gasteiger partial charge in [-0.3, -0.25) is 14.4 Å². The summed E-state index contributed by atoms with van der Waals surface area (Å²) < 4.78 is 0. The Morgan fingerprint density at radius 3 is 0.682 bits per heavy atom. The molecule has 3 N–H and O–H groups in total. The second-order valence-corrected chi connectivity index (χ2v) is 4.19. The number of allylic oxidation sites excluding steroid dienone is 6. The molecule has 0 aliphatic rings. The van der Waals surface area contributed by atoms with E-state index >= 15 is 0 Å². The second kappa shape index (κ2) is 18.1. The van der Waals surface area contributed by atoms with Crippen molar-refractivity contribution in [3.8, 4) is 0 Å². The summed E-state index contributed by atoms with van der Waals surface area (Å²) >= 11 is 0. The number of hydrogen-bond acceptors (Lipinski definition) is 6. The van der Waals surface area contributed by atoms with Crippen molar-refractivity contribution in [2.75, 3.05) is 0 Å². The Kier molecular flexibility index (Phi) is 23.9. The SMILES string of the molecule is CC(=O)/C=C(/C)O.CC(=O)/C=C(/C)O.CC(=O)/C=C(\C)O.[Ce]. The van der Waals surface area contributed by atoms with Gasteiger partial charge >= 0.3 is 0 Å². The molecule has 7 heteroatoms. The molecular weight excluding hydrogens is 416 g/mol. The van der Waals surface area contributed by atoms with Gasteiger partial charge in [-0.05, 0) is 41.5 Å². The summed E-state index contributed by atoms with van der Waals surface area (Å²) in [5.41, 5.74) is 0. The standard InChI is InChI=1S/3C5H8O2.Ce/c3*1-4(6)3-5(2)7;/h3*3,6H,1-2H3;/b4-3+;2*4-3-;. The first-order valence-corrected chi connectivity index (χ1v) is 6.02. The number of carbonyl (C=O) groups excluding carboxylic acids is 3. The van der Waals surface area contributed by atoms with E-state index < -0.39 is 0 Å². The van der Waals surface area contributed by atoms with Crippen LogP contribution in [0.3, 0.4) is 0 Å². The molecule has 0 heterocycles. The molecule has 0 radical (unpaired) electrons. The van der Waals surface area contributed by atoms with Gasteiger partial charge in [0, 0.05) is 60.0 Å². The average molecular weight is 440 g/mol. The summed E-state index contributed by atoms with van der Waals surface area (Å²) in [5.74, 6) is -0.187. The number of hydrogen-bond donors (Lipinski definition) is 3. The van der Waals surface area contributed by atoms with Gasteiger partial charge in [0.25, 0.3) is 0 Å². The van der Waals surface area contributed by atoms with Crippen molar-refractivity contribution in [3.05, 3.63) is 35.5 Å². The van der Waals surface area contributed by atoms with Crippen LogP contribution in [0.5, 0.6) is 0 Å². The molecule has 0 aromatic rings. The van der Waals surface area contributed by atoms with Crippen molar-refractivity contribution < 1.29 is 71.5 Å². The van der Waals surface area contributed by atoms with Gasteiger partial charge in [-0.2, -0.15) is 0 Å². The van der Waals surface area contributed by atoms with Gasteiger partial charge in [0.1, 0.15) is 0 Å². The Bertz CT molecular complexity index is 368. The van der Waals surface area contributed by atoms with Crippen LogP contribution in [0.4, 0.5) is 0 Å². The molecule has 0 spiro atoms. The topological polar surface area (TPSA) is 112 Å². The zero-order chi connectivity index (χ0) is 17.6. The fourth-order valence-electron chi connectivity index (χ4n) is 0.882. The van der Waals surface area contributed by atoms with Crippen molar-refractivity contribution in [2.24, 2.45) is 0 Å². The number of rotatable bonds is 3. The van der Waals surface area contributed by atoms with Crippen LogP contribution >= 0.6 is 0 Å². The molecule has 0 rings (SSSR count). The molecule has 22 heavy (non-hydrogen) atoms. The van der Waals surface area contributed by atoms with E-state index in [0.717, 1.165) is 0 Å². The summed E-state index contributed by atoms with van der Waals surface area (Å²) in [4.78, 5) is 30.1. The molecule has 0 aliphatic heterocycles. The molecule has 0 bridgehead atoms. The van der Waals surface area contributed by atoms with Crippen molar-refractivity contribution in [3.63, 3.8) is 0 Å². The first-order chi connectivity index (χ1) is 9.38. The van der Waals surface area contributed by atoms with E-state index in [-0.39, 0.29) is 76.4 Å². The van der Waals surface area contributed by atoms with E-state index in [1.807, 2.05) is 0 Å². The quantitative estimate of drug-likeness (QED) is 0.459. The molecule has 0 fully saturated rings. The molecule has 6 nitrogen and oxygen atoms in total. The molecule has 0 saturated carbocycles. The smallest absolute Gasteiger partial charge is 0.155 e. The van der Waals surface area contributed by atoms with Crippen molar-refractivity contribution in [1.29, 1.82) is 0 Å².